The zero-order valence-corrected chi connectivity index (χ0v) is 16.7. The molecule has 0 atom stereocenters. The first kappa shape index (κ1) is 22.4. The number of hydrogen-bond donors (Lipinski definition) is 1. The van der Waals surface area contributed by atoms with Gasteiger partial charge in [0.15, 0.2) is 6.61 Å². The number of rotatable bonds is 9. The van der Waals surface area contributed by atoms with Gasteiger partial charge in [-0.3, -0.25) is 14.9 Å². The van der Waals surface area contributed by atoms with Crippen LogP contribution in [0.15, 0.2) is 55.1 Å². The van der Waals surface area contributed by atoms with Crippen molar-refractivity contribution in [2.75, 3.05) is 18.5 Å². The highest BCUT2D eigenvalue weighted by atomic mass is 16.6. The van der Waals surface area contributed by atoms with E-state index in [1.165, 1.54) is 18.2 Å². The average Bonchev–Trinajstić information content (AvgIpc) is 2.73. The van der Waals surface area contributed by atoms with Crippen molar-refractivity contribution in [3.63, 3.8) is 0 Å². The van der Waals surface area contributed by atoms with Crippen LogP contribution in [0.4, 0.5) is 11.4 Å². The van der Waals surface area contributed by atoms with Crippen molar-refractivity contribution in [1.29, 1.82) is 0 Å². The molecule has 0 aliphatic heterocycles. The number of nitrogens with zero attached hydrogens (tertiary/aromatic N) is 1. The lowest BCUT2D eigenvalue weighted by atomic mass is 10.1. The highest BCUT2D eigenvalue weighted by molar-refractivity contribution is 5.97. The number of hydrogen-bond acceptors (Lipinski definition) is 6. The topological polar surface area (TPSA) is 108 Å². The third-order valence-electron chi connectivity index (χ3n) is 4.18. The van der Waals surface area contributed by atoms with E-state index in [-0.39, 0.29) is 11.4 Å². The van der Waals surface area contributed by atoms with Gasteiger partial charge in [0.2, 0.25) is 0 Å². The number of esters is 1. The minimum absolute atomic E-state index is 0.0929. The zero-order chi connectivity index (χ0) is 22.1. The molecule has 0 spiro atoms. The van der Waals surface area contributed by atoms with Crippen molar-refractivity contribution in [1.82, 2.24) is 0 Å². The number of nitro benzene ring substituents is 1. The second kappa shape index (κ2) is 10.6. The zero-order valence-electron chi connectivity index (χ0n) is 16.7. The summed E-state index contributed by atoms with van der Waals surface area (Å²) in [5.74, 6) is -0.711. The van der Waals surface area contributed by atoms with E-state index in [1.54, 1.807) is 50.3 Å². The lowest BCUT2D eigenvalue weighted by Crippen LogP contribution is -2.21. The van der Waals surface area contributed by atoms with Crippen molar-refractivity contribution in [3.8, 4) is 5.75 Å². The molecule has 30 heavy (non-hydrogen) atoms. The maximum absolute atomic E-state index is 12.1. The summed E-state index contributed by atoms with van der Waals surface area (Å²) in [6.07, 6.45) is 4.36. The third-order valence-corrected chi connectivity index (χ3v) is 4.18. The van der Waals surface area contributed by atoms with E-state index in [9.17, 15) is 19.7 Å². The largest absolute Gasteiger partial charge is 0.490 e. The number of anilines is 1. The highest BCUT2D eigenvalue weighted by Gasteiger charge is 2.19. The van der Waals surface area contributed by atoms with E-state index in [4.69, 9.17) is 9.47 Å². The van der Waals surface area contributed by atoms with Gasteiger partial charge in [-0.05, 0) is 48.7 Å². The Kier molecular flexibility index (Phi) is 7.87. The highest BCUT2D eigenvalue weighted by Crippen LogP contribution is 2.30. The van der Waals surface area contributed by atoms with Gasteiger partial charge in [0.25, 0.3) is 11.6 Å². The number of nitro groups is 1. The van der Waals surface area contributed by atoms with Gasteiger partial charge >= 0.3 is 5.97 Å². The fourth-order valence-electron chi connectivity index (χ4n) is 2.47. The number of carbonyl (C=O) groups is 2. The molecule has 8 heteroatoms. The second-order valence-corrected chi connectivity index (χ2v) is 6.32. The molecule has 0 bridgehead atoms. The van der Waals surface area contributed by atoms with Gasteiger partial charge < -0.3 is 14.8 Å². The molecule has 0 heterocycles. The summed E-state index contributed by atoms with van der Waals surface area (Å²) in [6, 6.07) is 9.94. The molecule has 0 fully saturated rings. The van der Waals surface area contributed by atoms with E-state index in [1.807, 2.05) is 0 Å². The normalized spacial score (nSPS) is 10.5. The molecule has 1 amide bonds. The molecule has 0 unspecified atom stereocenters. The van der Waals surface area contributed by atoms with Crippen LogP contribution in [-0.4, -0.2) is 30.0 Å². The molecule has 1 N–H and O–H groups in total. The van der Waals surface area contributed by atoms with Crippen molar-refractivity contribution >= 4 is 29.3 Å². The number of ether oxygens (including phenoxy) is 2. The number of aryl methyl sites for hydroxylation is 1. The minimum atomic E-state index is -0.715. The predicted molar refractivity (Wildman–Crippen MR) is 113 cm³/mol. The van der Waals surface area contributed by atoms with Gasteiger partial charge in [-0.15, -0.1) is 0 Å². The maximum atomic E-state index is 12.1. The molecule has 0 aliphatic carbocycles. The predicted octanol–water partition coefficient (Wildman–Crippen LogP) is 3.97. The van der Waals surface area contributed by atoms with Crippen LogP contribution in [-0.2, 0) is 14.3 Å². The Morgan fingerprint density at radius 3 is 2.50 bits per heavy atom. The van der Waals surface area contributed by atoms with E-state index in [0.717, 1.165) is 11.1 Å². The van der Waals surface area contributed by atoms with Gasteiger partial charge in [0.1, 0.15) is 18.0 Å². The van der Waals surface area contributed by atoms with Gasteiger partial charge in [0, 0.05) is 12.1 Å². The number of benzene rings is 2. The SMILES string of the molecule is C=CCOc1ccc(/C=C/C(=O)OCC(=O)Nc2c([N+](=O)[O-])ccc(C)c2C)cc1. The Labute approximate surface area is 174 Å². The summed E-state index contributed by atoms with van der Waals surface area (Å²) in [6.45, 7) is 6.84. The molecule has 2 aromatic rings. The van der Waals surface area contributed by atoms with Crippen molar-refractivity contribution in [2.45, 2.75) is 13.8 Å². The van der Waals surface area contributed by atoms with Crippen molar-refractivity contribution < 1.29 is 24.0 Å². The van der Waals surface area contributed by atoms with Crippen LogP contribution in [0.3, 0.4) is 0 Å². The maximum Gasteiger partial charge on any atom is 0.331 e. The van der Waals surface area contributed by atoms with E-state index in [0.29, 0.717) is 17.9 Å². The smallest absolute Gasteiger partial charge is 0.331 e. The first-order chi connectivity index (χ1) is 14.3. The Morgan fingerprint density at radius 1 is 1.17 bits per heavy atom. The Balaban J connectivity index is 1.91. The standard InChI is InChI=1S/C22H22N2O6/c1-4-13-29-18-9-6-17(7-10-18)8-12-21(26)30-14-20(25)23-22-16(3)15(2)5-11-19(22)24(27)28/h4-12H,1,13-14H2,2-3H3,(H,23,25)/b12-8+. The van der Waals surface area contributed by atoms with E-state index in [2.05, 4.69) is 11.9 Å². The number of nitrogens with one attached hydrogen (secondary N) is 1. The van der Waals surface area contributed by atoms with Crippen LogP contribution in [0, 0.1) is 24.0 Å². The molecular formula is C22H22N2O6. The van der Waals surface area contributed by atoms with Gasteiger partial charge in [-0.2, -0.15) is 0 Å². The summed E-state index contributed by atoms with van der Waals surface area (Å²) in [5.41, 5.74) is 1.97. The van der Waals surface area contributed by atoms with Gasteiger partial charge in [-0.25, -0.2) is 4.79 Å². The van der Waals surface area contributed by atoms with Crippen LogP contribution >= 0.6 is 0 Å². The first-order valence-corrected chi connectivity index (χ1v) is 9.05. The van der Waals surface area contributed by atoms with Crippen molar-refractivity contribution in [2.24, 2.45) is 0 Å². The third kappa shape index (κ3) is 6.30. The fraction of sp³-hybridized carbons (Fsp3) is 0.182. The Morgan fingerprint density at radius 2 is 1.87 bits per heavy atom. The van der Waals surface area contributed by atoms with Crippen LogP contribution in [0.25, 0.3) is 6.08 Å². The van der Waals surface area contributed by atoms with Gasteiger partial charge in [-0.1, -0.05) is 30.9 Å². The van der Waals surface area contributed by atoms with Gasteiger partial charge in [0.05, 0.1) is 4.92 Å². The molecule has 0 aromatic heterocycles. The number of carbonyl (C=O) groups excluding carboxylic acids is 2. The van der Waals surface area contributed by atoms with Crippen LogP contribution in [0.2, 0.25) is 0 Å². The minimum Gasteiger partial charge on any atom is -0.490 e. The monoisotopic (exact) mass is 410 g/mol. The van der Waals surface area contributed by atoms with Crippen LogP contribution in [0.1, 0.15) is 16.7 Å². The molecule has 2 rings (SSSR count). The quantitative estimate of drug-likeness (QED) is 0.220. The molecule has 0 aliphatic rings. The summed E-state index contributed by atoms with van der Waals surface area (Å²) >= 11 is 0. The number of amides is 1. The lowest BCUT2D eigenvalue weighted by Gasteiger charge is -2.11. The molecule has 0 saturated carbocycles. The second-order valence-electron chi connectivity index (χ2n) is 6.32. The fourth-order valence-corrected chi connectivity index (χ4v) is 2.47. The Bertz CT molecular complexity index is 980. The molecular weight excluding hydrogens is 388 g/mol. The molecule has 0 saturated heterocycles. The van der Waals surface area contributed by atoms with Crippen LogP contribution in [0.5, 0.6) is 5.75 Å². The van der Waals surface area contributed by atoms with Crippen molar-refractivity contribution in [3.05, 3.63) is 81.9 Å². The summed E-state index contributed by atoms with van der Waals surface area (Å²) in [4.78, 5) is 34.5. The summed E-state index contributed by atoms with van der Waals surface area (Å²) in [7, 11) is 0. The molecule has 0 radical (unpaired) electrons. The summed E-state index contributed by atoms with van der Waals surface area (Å²) < 4.78 is 10.3. The van der Waals surface area contributed by atoms with E-state index >= 15 is 0 Å². The van der Waals surface area contributed by atoms with E-state index < -0.39 is 23.4 Å². The lowest BCUT2D eigenvalue weighted by molar-refractivity contribution is -0.384. The summed E-state index contributed by atoms with van der Waals surface area (Å²) in [5, 5.41) is 13.6. The van der Waals surface area contributed by atoms with Crippen LogP contribution < -0.4 is 10.1 Å². The molecule has 156 valence electrons. The molecule has 8 nitrogen and oxygen atoms in total. The first-order valence-electron chi connectivity index (χ1n) is 9.05. The average molecular weight is 410 g/mol. The Hall–Kier alpha value is -3.94. The molecule has 2 aromatic carbocycles.